The van der Waals surface area contributed by atoms with Gasteiger partial charge in [-0.15, -0.1) is 0 Å². The number of amides is 1. The van der Waals surface area contributed by atoms with E-state index in [-0.39, 0.29) is 17.8 Å². The van der Waals surface area contributed by atoms with Gasteiger partial charge in [0, 0.05) is 16.2 Å². The van der Waals surface area contributed by atoms with Gasteiger partial charge in [-0.1, -0.05) is 34.1 Å². The minimum absolute atomic E-state index is 0.113. The highest BCUT2D eigenvalue weighted by Crippen LogP contribution is 2.19. The Morgan fingerprint density at radius 2 is 1.85 bits per heavy atom. The van der Waals surface area contributed by atoms with E-state index >= 15 is 0 Å². The number of rotatable bonds is 4. The zero-order valence-corrected chi connectivity index (χ0v) is 15.2. The van der Waals surface area contributed by atoms with Crippen molar-refractivity contribution in [2.75, 3.05) is 5.32 Å². The number of H-pyrrole nitrogens is 1. The number of anilines is 1. The zero-order chi connectivity index (χ0) is 19.6. The highest BCUT2D eigenvalue weighted by atomic mass is 79.9. The van der Waals surface area contributed by atoms with E-state index in [1.165, 1.54) is 30.3 Å². The average molecular weight is 436 g/mol. The Labute approximate surface area is 159 Å². The first-order valence-electron chi connectivity index (χ1n) is 7.69. The van der Waals surface area contributed by atoms with Gasteiger partial charge in [-0.2, -0.15) is 0 Å². The van der Waals surface area contributed by atoms with Crippen LogP contribution in [0.1, 0.15) is 15.9 Å². The summed E-state index contributed by atoms with van der Waals surface area (Å²) in [7, 11) is 0. The normalized spacial score (nSPS) is 10.6. The number of carbonyl (C=O) groups excluding carboxylic acids is 1. The summed E-state index contributed by atoms with van der Waals surface area (Å²) < 4.78 is 28.9. The third kappa shape index (κ3) is 4.03. The molecule has 0 saturated heterocycles. The molecule has 0 spiro atoms. The van der Waals surface area contributed by atoms with Crippen LogP contribution in [0.15, 0.2) is 62.7 Å². The van der Waals surface area contributed by atoms with Crippen LogP contribution in [0.4, 0.5) is 14.5 Å². The van der Waals surface area contributed by atoms with E-state index < -0.39 is 34.4 Å². The number of nitrogens with zero attached hydrogens (tertiary/aromatic N) is 1. The standard InChI is InChI=1S/C18H12BrF2N3O3/c19-11-5-6-15(14(21)7-11)23-16(25)12-8-22-18(27)24(17(12)26)9-10-3-1-2-4-13(10)20/h1-8H,9H2,(H,22,27)(H,23,25). The molecule has 6 nitrogen and oxygen atoms in total. The molecule has 1 aromatic heterocycles. The number of carbonyl (C=O) groups is 1. The van der Waals surface area contributed by atoms with E-state index in [1.807, 2.05) is 0 Å². The molecule has 27 heavy (non-hydrogen) atoms. The second kappa shape index (κ2) is 7.67. The van der Waals surface area contributed by atoms with E-state index in [4.69, 9.17) is 0 Å². The van der Waals surface area contributed by atoms with Crippen LogP contribution >= 0.6 is 15.9 Å². The van der Waals surface area contributed by atoms with E-state index in [9.17, 15) is 23.2 Å². The lowest BCUT2D eigenvalue weighted by atomic mass is 10.2. The van der Waals surface area contributed by atoms with Crippen LogP contribution in [-0.4, -0.2) is 15.5 Å². The molecule has 0 bridgehead atoms. The fourth-order valence-electron chi connectivity index (χ4n) is 2.39. The summed E-state index contributed by atoms with van der Waals surface area (Å²) in [5, 5.41) is 2.27. The molecule has 0 aliphatic rings. The third-order valence-corrected chi connectivity index (χ3v) is 4.26. The Morgan fingerprint density at radius 1 is 1.11 bits per heavy atom. The Hall–Kier alpha value is -3.07. The minimum Gasteiger partial charge on any atom is -0.319 e. The van der Waals surface area contributed by atoms with Gasteiger partial charge in [0.05, 0.1) is 12.2 Å². The van der Waals surface area contributed by atoms with E-state index in [0.717, 1.165) is 12.3 Å². The maximum atomic E-state index is 13.9. The fraction of sp³-hybridized carbons (Fsp3) is 0.0556. The number of nitrogens with one attached hydrogen (secondary N) is 2. The van der Waals surface area contributed by atoms with Crippen molar-refractivity contribution in [3.63, 3.8) is 0 Å². The van der Waals surface area contributed by atoms with E-state index in [0.29, 0.717) is 9.04 Å². The molecule has 0 saturated carbocycles. The summed E-state index contributed by atoms with van der Waals surface area (Å²) in [5.74, 6) is -2.19. The van der Waals surface area contributed by atoms with Crippen LogP contribution in [0.25, 0.3) is 0 Å². The molecule has 138 valence electrons. The number of halogens is 3. The van der Waals surface area contributed by atoms with Crippen LogP contribution in [0.5, 0.6) is 0 Å². The van der Waals surface area contributed by atoms with Crippen LogP contribution in [0.3, 0.4) is 0 Å². The maximum Gasteiger partial charge on any atom is 0.328 e. The van der Waals surface area contributed by atoms with E-state index in [1.54, 1.807) is 6.07 Å². The van der Waals surface area contributed by atoms with Crippen molar-refractivity contribution in [2.45, 2.75) is 6.54 Å². The van der Waals surface area contributed by atoms with Crippen LogP contribution in [0.2, 0.25) is 0 Å². The monoisotopic (exact) mass is 435 g/mol. The van der Waals surface area contributed by atoms with Gasteiger partial charge in [-0.05, 0) is 24.3 Å². The number of benzene rings is 2. The summed E-state index contributed by atoms with van der Waals surface area (Å²) in [6, 6.07) is 9.64. The first-order chi connectivity index (χ1) is 12.9. The molecule has 0 aliphatic carbocycles. The first-order valence-corrected chi connectivity index (χ1v) is 8.48. The third-order valence-electron chi connectivity index (χ3n) is 3.77. The molecule has 0 unspecified atom stereocenters. The lowest BCUT2D eigenvalue weighted by Gasteiger charge is -2.09. The van der Waals surface area contributed by atoms with Crippen molar-refractivity contribution in [2.24, 2.45) is 0 Å². The quantitative estimate of drug-likeness (QED) is 0.660. The molecule has 1 heterocycles. The number of aromatic amines is 1. The predicted octanol–water partition coefficient (Wildman–Crippen LogP) is 2.88. The predicted molar refractivity (Wildman–Crippen MR) is 98.9 cm³/mol. The van der Waals surface area contributed by atoms with E-state index in [2.05, 4.69) is 26.2 Å². The number of aromatic nitrogens is 2. The highest BCUT2D eigenvalue weighted by Gasteiger charge is 2.17. The van der Waals surface area contributed by atoms with Crippen LogP contribution in [-0.2, 0) is 6.54 Å². The summed E-state index contributed by atoms with van der Waals surface area (Å²) in [6.07, 6.45) is 0.939. The molecular formula is C18H12BrF2N3O3. The van der Waals surface area contributed by atoms with Crippen molar-refractivity contribution in [1.29, 1.82) is 0 Å². The van der Waals surface area contributed by atoms with Gasteiger partial charge in [-0.3, -0.25) is 14.2 Å². The highest BCUT2D eigenvalue weighted by molar-refractivity contribution is 9.10. The Morgan fingerprint density at radius 3 is 2.56 bits per heavy atom. The average Bonchev–Trinajstić information content (AvgIpc) is 2.62. The van der Waals surface area contributed by atoms with Gasteiger partial charge in [0.1, 0.15) is 17.2 Å². The van der Waals surface area contributed by atoms with Gasteiger partial charge in [0.2, 0.25) is 0 Å². The molecule has 0 radical (unpaired) electrons. The Bertz CT molecular complexity index is 1140. The molecular weight excluding hydrogens is 424 g/mol. The van der Waals surface area contributed by atoms with Gasteiger partial charge in [0.15, 0.2) is 0 Å². The lowest BCUT2D eigenvalue weighted by Crippen LogP contribution is -2.39. The largest absolute Gasteiger partial charge is 0.328 e. The summed E-state index contributed by atoms with van der Waals surface area (Å²) in [5.41, 5.74) is -2.14. The smallest absolute Gasteiger partial charge is 0.319 e. The van der Waals surface area contributed by atoms with Crippen molar-refractivity contribution < 1.29 is 13.6 Å². The van der Waals surface area contributed by atoms with Crippen molar-refractivity contribution >= 4 is 27.5 Å². The maximum absolute atomic E-state index is 13.9. The lowest BCUT2D eigenvalue weighted by molar-refractivity contribution is 0.102. The fourth-order valence-corrected chi connectivity index (χ4v) is 2.73. The molecule has 0 atom stereocenters. The molecule has 0 fully saturated rings. The topological polar surface area (TPSA) is 84.0 Å². The van der Waals surface area contributed by atoms with Crippen LogP contribution < -0.4 is 16.6 Å². The van der Waals surface area contributed by atoms with Gasteiger partial charge >= 0.3 is 5.69 Å². The molecule has 0 aliphatic heterocycles. The zero-order valence-electron chi connectivity index (χ0n) is 13.6. The molecule has 3 rings (SSSR count). The first kappa shape index (κ1) is 18.7. The summed E-state index contributed by atoms with van der Waals surface area (Å²) in [4.78, 5) is 39.1. The van der Waals surface area contributed by atoms with Gasteiger partial charge < -0.3 is 10.3 Å². The Kier molecular flexibility index (Phi) is 5.31. The second-order valence-electron chi connectivity index (χ2n) is 5.57. The van der Waals surface area contributed by atoms with Crippen molar-refractivity contribution in [3.8, 4) is 0 Å². The number of hydrogen-bond donors (Lipinski definition) is 2. The molecule has 2 N–H and O–H groups in total. The van der Waals surface area contributed by atoms with Crippen molar-refractivity contribution in [1.82, 2.24) is 9.55 Å². The second-order valence-corrected chi connectivity index (χ2v) is 6.48. The summed E-state index contributed by atoms with van der Waals surface area (Å²) >= 11 is 3.10. The van der Waals surface area contributed by atoms with Crippen molar-refractivity contribution in [3.05, 3.63) is 96.7 Å². The van der Waals surface area contributed by atoms with Gasteiger partial charge in [0.25, 0.3) is 11.5 Å². The SMILES string of the molecule is O=C(Nc1ccc(Br)cc1F)c1c[nH]c(=O)n(Cc2ccccc2F)c1=O. The molecule has 3 aromatic rings. The number of hydrogen-bond acceptors (Lipinski definition) is 3. The minimum atomic E-state index is -0.919. The Balaban J connectivity index is 1.95. The van der Waals surface area contributed by atoms with Gasteiger partial charge in [-0.25, -0.2) is 13.6 Å². The van der Waals surface area contributed by atoms with Crippen LogP contribution in [0, 0.1) is 11.6 Å². The molecule has 1 amide bonds. The summed E-state index contributed by atoms with van der Waals surface area (Å²) in [6.45, 7) is -0.353. The molecule has 2 aromatic carbocycles. The molecule has 9 heteroatoms.